The molecule has 124 valence electrons. The van der Waals surface area contributed by atoms with Crippen LogP contribution in [0.15, 0.2) is 29.2 Å². The number of ether oxygens (including phenoxy) is 2. The molecule has 0 unspecified atom stereocenters. The number of hydrogen-bond donors (Lipinski definition) is 1. The Kier molecular flexibility index (Phi) is 5.80. The largest absolute Gasteiger partial charge is 0.491 e. The first-order valence-electron chi connectivity index (χ1n) is 7.41. The number of nitrogens with one attached hydrogen (secondary N) is 1. The van der Waals surface area contributed by atoms with Gasteiger partial charge in [0.15, 0.2) is 0 Å². The lowest BCUT2D eigenvalue weighted by Crippen LogP contribution is -2.55. The zero-order valence-electron chi connectivity index (χ0n) is 13.3. The van der Waals surface area contributed by atoms with Crippen LogP contribution >= 0.6 is 0 Å². The average Bonchev–Trinajstić information content (AvgIpc) is 2.47. The van der Waals surface area contributed by atoms with Crippen molar-refractivity contribution >= 4 is 10.0 Å². The van der Waals surface area contributed by atoms with E-state index in [1.54, 1.807) is 35.7 Å². The minimum Gasteiger partial charge on any atom is -0.491 e. The van der Waals surface area contributed by atoms with Gasteiger partial charge in [-0.2, -0.15) is 4.31 Å². The van der Waals surface area contributed by atoms with Crippen LogP contribution in [0.25, 0.3) is 0 Å². The summed E-state index contributed by atoms with van der Waals surface area (Å²) in [5, 5.41) is 3.33. The van der Waals surface area contributed by atoms with Gasteiger partial charge in [-0.05, 0) is 38.1 Å². The van der Waals surface area contributed by atoms with E-state index in [1.807, 2.05) is 13.8 Å². The Bertz CT molecular complexity index is 564. The maximum atomic E-state index is 12.7. The summed E-state index contributed by atoms with van der Waals surface area (Å²) in [6.45, 7) is 5.89. The molecule has 1 heterocycles. The van der Waals surface area contributed by atoms with Gasteiger partial charge in [0, 0.05) is 32.3 Å². The van der Waals surface area contributed by atoms with Crippen LogP contribution in [0.4, 0.5) is 0 Å². The van der Waals surface area contributed by atoms with Gasteiger partial charge in [0.1, 0.15) is 12.4 Å². The lowest BCUT2D eigenvalue weighted by Gasteiger charge is -2.35. The van der Waals surface area contributed by atoms with Gasteiger partial charge in [0.05, 0.1) is 11.5 Å². The predicted octanol–water partition coefficient (Wildman–Crippen LogP) is 1.08. The number of piperazine rings is 1. The number of nitrogens with zero attached hydrogens (tertiary/aromatic N) is 1. The van der Waals surface area contributed by atoms with Crippen molar-refractivity contribution in [1.82, 2.24) is 9.62 Å². The van der Waals surface area contributed by atoms with Crippen LogP contribution in [0.1, 0.15) is 13.8 Å². The number of hydrogen-bond acceptors (Lipinski definition) is 5. The summed E-state index contributed by atoms with van der Waals surface area (Å²) in [4.78, 5) is 0.299. The van der Waals surface area contributed by atoms with Gasteiger partial charge < -0.3 is 14.8 Å². The van der Waals surface area contributed by atoms with Gasteiger partial charge in [-0.3, -0.25) is 0 Å². The van der Waals surface area contributed by atoms with E-state index in [2.05, 4.69) is 5.32 Å². The van der Waals surface area contributed by atoms with E-state index in [0.717, 1.165) is 0 Å². The molecule has 1 aliphatic heterocycles. The molecule has 7 heteroatoms. The van der Waals surface area contributed by atoms with Gasteiger partial charge >= 0.3 is 0 Å². The molecule has 1 fully saturated rings. The van der Waals surface area contributed by atoms with Gasteiger partial charge in [-0.15, -0.1) is 0 Å². The SMILES string of the molecule is COCCOc1ccc(S(=O)(=O)N2C[C@@H](C)N[C@H](C)C2)cc1. The lowest BCUT2D eigenvalue weighted by atomic mass is 10.2. The minimum atomic E-state index is -3.46. The van der Waals surface area contributed by atoms with Gasteiger partial charge in [0.2, 0.25) is 10.0 Å². The zero-order chi connectivity index (χ0) is 16.2. The van der Waals surface area contributed by atoms with E-state index >= 15 is 0 Å². The molecule has 0 aromatic heterocycles. The smallest absolute Gasteiger partial charge is 0.243 e. The van der Waals surface area contributed by atoms with Crippen LogP contribution in [0.5, 0.6) is 5.75 Å². The quantitative estimate of drug-likeness (QED) is 0.792. The summed E-state index contributed by atoms with van der Waals surface area (Å²) in [5.41, 5.74) is 0. The first kappa shape index (κ1) is 17.2. The summed E-state index contributed by atoms with van der Waals surface area (Å²) in [7, 11) is -1.85. The van der Waals surface area contributed by atoms with Crippen LogP contribution in [0.2, 0.25) is 0 Å². The highest BCUT2D eigenvalue weighted by atomic mass is 32.2. The van der Waals surface area contributed by atoms with Crippen molar-refractivity contribution in [2.24, 2.45) is 0 Å². The van der Waals surface area contributed by atoms with Gasteiger partial charge in [0.25, 0.3) is 0 Å². The first-order chi connectivity index (χ1) is 10.4. The third kappa shape index (κ3) is 4.19. The van der Waals surface area contributed by atoms with E-state index < -0.39 is 10.0 Å². The lowest BCUT2D eigenvalue weighted by molar-refractivity contribution is 0.146. The second-order valence-electron chi connectivity index (χ2n) is 5.60. The highest BCUT2D eigenvalue weighted by molar-refractivity contribution is 7.89. The second kappa shape index (κ2) is 7.41. The molecule has 0 aliphatic carbocycles. The Hall–Kier alpha value is -1.15. The van der Waals surface area contributed by atoms with Crippen molar-refractivity contribution in [3.8, 4) is 5.75 Å². The Morgan fingerprint density at radius 3 is 2.27 bits per heavy atom. The highest BCUT2D eigenvalue weighted by Crippen LogP contribution is 2.21. The molecule has 0 saturated carbocycles. The fourth-order valence-electron chi connectivity index (χ4n) is 2.57. The Morgan fingerprint density at radius 1 is 1.14 bits per heavy atom. The predicted molar refractivity (Wildman–Crippen MR) is 84.6 cm³/mol. The third-order valence-electron chi connectivity index (χ3n) is 3.54. The monoisotopic (exact) mass is 328 g/mol. The Balaban J connectivity index is 2.09. The summed E-state index contributed by atoms with van der Waals surface area (Å²) in [6.07, 6.45) is 0. The highest BCUT2D eigenvalue weighted by Gasteiger charge is 2.31. The maximum Gasteiger partial charge on any atom is 0.243 e. The third-order valence-corrected chi connectivity index (χ3v) is 5.39. The van der Waals surface area contributed by atoms with E-state index in [4.69, 9.17) is 9.47 Å². The molecule has 22 heavy (non-hydrogen) atoms. The number of rotatable bonds is 6. The van der Waals surface area contributed by atoms with Crippen LogP contribution in [0, 0.1) is 0 Å². The van der Waals surface area contributed by atoms with Crippen LogP contribution in [-0.2, 0) is 14.8 Å². The Labute approximate surface area is 132 Å². The van der Waals surface area contributed by atoms with E-state index in [1.165, 1.54) is 0 Å². The zero-order valence-corrected chi connectivity index (χ0v) is 14.1. The fourth-order valence-corrected chi connectivity index (χ4v) is 4.19. The molecule has 2 rings (SSSR count). The molecule has 0 amide bonds. The molecule has 1 aliphatic rings. The van der Waals surface area contributed by atoms with Crippen molar-refractivity contribution in [3.05, 3.63) is 24.3 Å². The van der Waals surface area contributed by atoms with Crippen molar-refractivity contribution in [1.29, 1.82) is 0 Å². The topological polar surface area (TPSA) is 67.9 Å². The summed E-state index contributed by atoms with van der Waals surface area (Å²) in [6, 6.07) is 6.84. The fraction of sp³-hybridized carbons (Fsp3) is 0.600. The Morgan fingerprint density at radius 2 is 1.73 bits per heavy atom. The van der Waals surface area contributed by atoms with Crippen LogP contribution in [0.3, 0.4) is 0 Å². The molecular formula is C15H24N2O4S. The molecular weight excluding hydrogens is 304 g/mol. The maximum absolute atomic E-state index is 12.7. The molecule has 0 radical (unpaired) electrons. The van der Waals surface area contributed by atoms with Crippen molar-refractivity contribution < 1.29 is 17.9 Å². The number of methoxy groups -OCH3 is 1. The number of benzene rings is 1. The van der Waals surface area contributed by atoms with E-state index in [9.17, 15) is 8.42 Å². The van der Waals surface area contributed by atoms with Crippen molar-refractivity contribution in [2.45, 2.75) is 30.8 Å². The summed E-state index contributed by atoms with van der Waals surface area (Å²) < 4.78 is 37.3. The first-order valence-corrected chi connectivity index (χ1v) is 8.85. The number of sulfonamides is 1. The van der Waals surface area contributed by atoms with Crippen molar-refractivity contribution in [3.63, 3.8) is 0 Å². The molecule has 0 bridgehead atoms. The van der Waals surface area contributed by atoms with E-state index in [0.29, 0.717) is 36.9 Å². The molecule has 1 saturated heterocycles. The molecule has 1 aromatic rings. The summed E-state index contributed by atoms with van der Waals surface area (Å²) in [5.74, 6) is 0.637. The van der Waals surface area contributed by atoms with Gasteiger partial charge in [-0.1, -0.05) is 0 Å². The molecule has 1 N–H and O–H groups in total. The van der Waals surface area contributed by atoms with Crippen molar-refractivity contribution in [2.75, 3.05) is 33.4 Å². The molecule has 2 atom stereocenters. The minimum absolute atomic E-state index is 0.148. The standard InChI is InChI=1S/C15H24N2O4S/c1-12-10-17(11-13(2)16-12)22(18,19)15-6-4-14(5-7-15)21-9-8-20-3/h4-7,12-13,16H,8-11H2,1-3H3/t12-,13-/m1/s1. The molecule has 0 spiro atoms. The van der Waals surface area contributed by atoms with Crippen LogP contribution in [-0.4, -0.2) is 58.2 Å². The second-order valence-corrected chi connectivity index (χ2v) is 7.54. The molecule has 6 nitrogen and oxygen atoms in total. The van der Waals surface area contributed by atoms with Crippen LogP contribution < -0.4 is 10.1 Å². The molecule has 1 aromatic carbocycles. The van der Waals surface area contributed by atoms with E-state index in [-0.39, 0.29) is 12.1 Å². The van der Waals surface area contributed by atoms with Gasteiger partial charge in [-0.25, -0.2) is 8.42 Å². The summed E-state index contributed by atoms with van der Waals surface area (Å²) >= 11 is 0. The average molecular weight is 328 g/mol. The normalized spacial score (nSPS) is 23.4.